The van der Waals surface area contributed by atoms with Crippen molar-refractivity contribution in [1.29, 1.82) is 0 Å². The Hall–Kier alpha value is -1.26. The summed E-state index contributed by atoms with van der Waals surface area (Å²) in [6.07, 6.45) is 22.3. The van der Waals surface area contributed by atoms with Gasteiger partial charge >= 0.3 is 5.97 Å². The number of aliphatic carboxylic acids is 1. The Kier molecular flexibility index (Phi) is 15.7. The zero-order chi connectivity index (χ0) is 18.0. The lowest BCUT2D eigenvalue weighted by Gasteiger charge is -2.13. The van der Waals surface area contributed by atoms with E-state index in [4.69, 9.17) is 5.11 Å². The molecule has 0 unspecified atom stereocenters. The molecule has 24 heavy (non-hydrogen) atoms. The van der Waals surface area contributed by atoms with Gasteiger partial charge in [-0.05, 0) is 32.1 Å². The van der Waals surface area contributed by atoms with Crippen LogP contribution in [-0.4, -0.2) is 27.5 Å². The molecule has 2 N–H and O–H groups in total. The third-order valence-electron chi connectivity index (χ3n) is 3.48. The summed E-state index contributed by atoms with van der Waals surface area (Å²) in [5.74, 6) is -0.834. The monoisotopic (exact) mass is 352 g/mol. The Morgan fingerprint density at radius 3 is 2.50 bits per heavy atom. The van der Waals surface area contributed by atoms with Crippen LogP contribution in [-0.2, 0) is 4.79 Å². The first kappa shape index (κ1) is 22.7. The molecule has 0 saturated heterocycles. The highest BCUT2D eigenvalue weighted by atomic mass is 32.1. The molecule has 0 amide bonds. The Morgan fingerprint density at radius 2 is 1.79 bits per heavy atom. The summed E-state index contributed by atoms with van der Waals surface area (Å²) in [5.41, 5.74) is 0. The number of carboxylic acids is 1. The number of aliphatic hydroxyl groups excluding tert-OH is 1. The minimum atomic E-state index is -0.834. The SMILES string of the molecule is CCCCC/C=C/C\C=C/C=C\C=C/[C@H](S)[C@H](O)CCCC(=O)O. The number of hydrogen-bond donors (Lipinski definition) is 3. The molecule has 0 aliphatic carbocycles. The van der Waals surface area contributed by atoms with E-state index in [1.165, 1.54) is 25.7 Å². The van der Waals surface area contributed by atoms with Crippen molar-refractivity contribution < 1.29 is 15.0 Å². The molecule has 0 heterocycles. The smallest absolute Gasteiger partial charge is 0.303 e. The fourth-order valence-corrected chi connectivity index (χ4v) is 2.28. The Labute approximate surface area is 152 Å². The molecule has 0 aromatic heterocycles. The Morgan fingerprint density at radius 1 is 1.04 bits per heavy atom. The molecule has 0 fully saturated rings. The molecule has 0 rings (SSSR count). The summed E-state index contributed by atoms with van der Waals surface area (Å²) in [7, 11) is 0. The van der Waals surface area contributed by atoms with Crippen LogP contribution in [0.2, 0.25) is 0 Å². The molecule has 0 spiro atoms. The number of rotatable bonds is 14. The molecule has 0 aliphatic rings. The highest BCUT2D eigenvalue weighted by Crippen LogP contribution is 2.11. The molecule has 0 bridgehead atoms. The number of carbonyl (C=O) groups is 1. The average molecular weight is 353 g/mol. The molecule has 4 heteroatoms. The van der Waals surface area contributed by atoms with Crippen LogP contribution in [0, 0.1) is 0 Å². The van der Waals surface area contributed by atoms with E-state index in [1.807, 2.05) is 30.4 Å². The molecule has 0 aromatic carbocycles. The van der Waals surface area contributed by atoms with E-state index in [-0.39, 0.29) is 11.7 Å². The van der Waals surface area contributed by atoms with Gasteiger partial charge in [-0.3, -0.25) is 4.79 Å². The van der Waals surface area contributed by atoms with Gasteiger partial charge in [0.25, 0.3) is 0 Å². The number of allylic oxidation sites excluding steroid dienone is 7. The maximum Gasteiger partial charge on any atom is 0.303 e. The first-order valence-electron chi connectivity index (χ1n) is 8.80. The van der Waals surface area contributed by atoms with Crippen LogP contribution in [0.5, 0.6) is 0 Å². The van der Waals surface area contributed by atoms with Gasteiger partial charge in [-0.25, -0.2) is 0 Å². The van der Waals surface area contributed by atoms with E-state index >= 15 is 0 Å². The lowest BCUT2D eigenvalue weighted by atomic mass is 10.1. The number of unbranched alkanes of at least 4 members (excludes halogenated alkanes) is 3. The second-order valence-corrected chi connectivity index (χ2v) is 6.34. The second kappa shape index (κ2) is 16.6. The number of hydrogen-bond acceptors (Lipinski definition) is 3. The highest BCUT2D eigenvalue weighted by molar-refractivity contribution is 7.81. The quantitative estimate of drug-likeness (QED) is 0.176. The lowest BCUT2D eigenvalue weighted by Crippen LogP contribution is -2.19. The van der Waals surface area contributed by atoms with Crippen LogP contribution in [0.1, 0.15) is 58.3 Å². The molecule has 0 saturated carbocycles. The van der Waals surface area contributed by atoms with Crippen molar-refractivity contribution in [3.8, 4) is 0 Å². The van der Waals surface area contributed by atoms with Crippen molar-refractivity contribution >= 4 is 18.6 Å². The number of aliphatic hydroxyl groups is 1. The van der Waals surface area contributed by atoms with E-state index < -0.39 is 12.1 Å². The Balaban J connectivity index is 3.81. The topological polar surface area (TPSA) is 57.5 Å². The van der Waals surface area contributed by atoms with Gasteiger partial charge in [0, 0.05) is 11.7 Å². The van der Waals surface area contributed by atoms with Gasteiger partial charge in [0.15, 0.2) is 0 Å². The number of thiol groups is 1. The first-order valence-corrected chi connectivity index (χ1v) is 9.32. The summed E-state index contributed by atoms with van der Waals surface area (Å²) in [6, 6.07) is 0. The van der Waals surface area contributed by atoms with Gasteiger partial charge < -0.3 is 10.2 Å². The van der Waals surface area contributed by atoms with Gasteiger partial charge in [-0.1, -0.05) is 68.4 Å². The number of carboxylic acid groups (broad SMARTS) is 1. The minimum Gasteiger partial charge on any atom is -0.481 e. The minimum absolute atomic E-state index is 0.0824. The molecular formula is C20H32O3S. The van der Waals surface area contributed by atoms with E-state index in [1.54, 1.807) is 0 Å². The van der Waals surface area contributed by atoms with Gasteiger partial charge in [0.2, 0.25) is 0 Å². The Bertz CT molecular complexity index is 425. The third-order valence-corrected chi connectivity index (χ3v) is 3.99. The van der Waals surface area contributed by atoms with E-state index in [0.717, 1.165) is 6.42 Å². The van der Waals surface area contributed by atoms with Crippen LogP contribution in [0.3, 0.4) is 0 Å². The predicted molar refractivity (Wildman–Crippen MR) is 106 cm³/mol. The lowest BCUT2D eigenvalue weighted by molar-refractivity contribution is -0.137. The van der Waals surface area contributed by atoms with Gasteiger partial charge in [-0.2, -0.15) is 12.6 Å². The molecule has 2 atom stereocenters. The molecule has 0 radical (unpaired) electrons. The molecule has 3 nitrogen and oxygen atoms in total. The summed E-state index contributed by atoms with van der Waals surface area (Å²) >= 11 is 4.31. The van der Waals surface area contributed by atoms with E-state index in [2.05, 4.69) is 37.8 Å². The van der Waals surface area contributed by atoms with Crippen LogP contribution in [0.15, 0.2) is 48.6 Å². The van der Waals surface area contributed by atoms with Gasteiger partial charge in [-0.15, -0.1) is 0 Å². The van der Waals surface area contributed by atoms with E-state index in [9.17, 15) is 9.90 Å². The van der Waals surface area contributed by atoms with Crippen LogP contribution in [0.4, 0.5) is 0 Å². The van der Waals surface area contributed by atoms with Crippen molar-refractivity contribution in [2.24, 2.45) is 0 Å². The standard InChI is InChI=1S/C20H32O3S/c1-2-3-4-5-6-7-8-9-10-11-12-13-16-19(24)18(21)15-14-17-20(22)23/h6-7,9-13,16,18-19,21,24H,2-5,8,14-15,17H2,1H3,(H,22,23)/b7-6+,10-9-,12-11-,16-13-/t18-,19+/m1/s1. The van der Waals surface area contributed by atoms with Crippen molar-refractivity contribution in [2.45, 2.75) is 69.6 Å². The fourth-order valence-electron chi connectivity index (χ4n) is 2.03. The highest BCUT2D eigenvalue weighted by Gasteiger charge is 2.12. The van der Waals surface area contributed by atoms with Crippen molar-refractivity contribution in [3.05, 3.63) is 48.6 Å². The molecular weight excluding hydrogens is 320 g/mol. The van der Waals surface area contributed by atoms with Crippen LogP contribution in [0.25, 0.3) is 0 Å². The molecule has 136 valence electrons. The van der Waals surface area contributed by atoms with Crippen molar-refractivity contribution in [1.82, 2.24) is 0 Å². The van der Waals surface area contributed by atoms with Crippen molar-refractivity contribution in [3.63, 3.8) is 0 Å². The van der Waals surface area contributed by atoms with Gasteiger partial charge in [0.05, 0.1) is 6.10 Å². The van der Waals surface area contributed by atoms with Gasteiger partial charge in [0.1, 0.15) is 0 Å². The average Bonchev–Trinajstić information content (AvgIpc) is 2.55. The third kappa shape index (κ3) is 15.6. The molecule has 0 aromatic rings. The largest absolute Gasteiger partial charge is 0.481 e. The van der Waals surface area contributed by atoms with E-state index in [0.29, 0.717) is 12.8 Å². The first-order chi connectivity index (χ1) is 11.6. The van der Waals surface area contributed by atoms with Crippen LogP contribution >= 0.6 is 12.6 Å². The summed E-state index contributed by atoms with van der Waals surface area (Å²) in [4.78, 5) is 10.4. The maximum atomic E-state index is 10.4. The normalized spacial score (nSPS) is 15.1. The fraction of sp³-hybridized carbons (Fsp3) is 0.550. The zero-order valence-corrected chi connectivity index (χ0v) is 15.6. The molecule has 0 aliphatic heterocycles. The predicted octanol–water partition coefficient (Wildman–Crippen LogP) is 5.10. The summed E-state index contributed by atoms with van der Waals surface area (Å²) in [6.45, 7) is 2.21. The zero-order valence-electron chi connectivity index (χ0n) is 14.7. The summed E-state index contributed by atoms with van der Waals surface area (Å²) < 4.78 is 0. The van der Waals surface area contributed by atoms with Crippen LogP contribution < -0.4 is 0 Å². The maximum absolute atomic E-state index is 10.4. The van der Waals surface area contributed by atoms with Crippen molar-refractivity contribution in [2.75, 3.05) is 0 Å². The second-order valence-electron chi connectivity index (χ2n) is 5.74. The summed E-state index contributed by atoms with van der Waals surface area (Å²) in [5, 5.41) is 18.1.